The van der Waals surface area contributed by atoms with Gasteiger partial charge in [-0.15, -0.1) is 0 Å². The number of aromatic nitrogens is 3. The van der Waals surface area contributed by atoms with Gasteiger partial charge in [-0.05, 0) is 36.2 Å². The second-order valence-corrected chi connectivity index (χ2v) is 7.52. The summed E-state index contributed by atoms with van der Waals surface area (Å²) in [7, 11) is 0. The van der Waals surface area contributed by atoms with Crippen molar-refractivity contribution in [2.45, 2.75) is 19.5 Å². The molecule has 2 aromatic heterocycles. The van der Waals surface area contributed by atoms with E-state index in [1.54, 1.807) is 11.1 Å². The van der Waals surface area contributed by atoms with E-state index in [2.05, 4.69) is 13.7 Å². The molecule has 1 amide bonds. The highest BCUT2D eigenvalue weighted by Gasteiger charge is 2.20. The molecule has 0 spiro atoms. The maximum atomic E-state index is 13.0. The van der Waals surface area contributed by atoms with Crippen LogP contribution in [0.3, 0.4) is 0 Å². The van der Waals surface area contributed by atoms with Gasteiger partial charge in [0.1, 0.15) is 5.75 Å². The molecule has 150 valence electrons. The van der Waals surface area contributed by atoms with Crippen LogP contribution < -0.4 is 4.74 Å². The third-order valence-corrected chi connectivity index (χ3v) is 5.21. The fraction of sp³-hybridized carbons (Fsp3) is 0.333. The summed E-state index contributed by atoms with van der Waals surface area (Å²) in [6.07, 6.45) is 4.26. The number of hydrogen-bond donors (Lipinski definition) is 0. The average Bonchev–Trinajstić information content (AvgIpc) is 3.47. The molecule has 0 radical (unpaired) electrons. The molecule has 0 bridgehead atoms. The zero-order chi connectivity index (χ0) is 19.9. The molecule has 29 heavy (non-hydrogen) atoms. The third-order valence-electron chi connectivity index (χ3n) is 4.73. The highest BCUT2D eigenvalue weighted by molar-refractivity contribution is 6.99. The lowest BCUT2D eigenvalue weighted by molar-refractivity contribution is 0.0722. The van der Waals surface area contributed by atoms with Gasteiger partial charge in [0.25, 0.3) is 5.91 Å². The van der Waals surface area contributed by atoms with Gasteiger partial charge in [-0.3, -0.25) is 9.78 Å². The summed E-state index contributed by atoms with van der Waals surface area (Å²) in [6.45, 7) is 3.03. The van der Waals surface area contributed by atoms with Gasteiger partial charge >= 0.3 is 0 Å². The summed E-state index contributed by atoms with van der Waals surface area (Å²) in [5.41, 5.74) is 2.15. The van der Waals surface area contributed by atoms with Crippen molar-refractivity contribution >= 4 is 17.6 Å². The Hall–Kier alpha value is -2.84. The Morgan fingerprint density at radius 2 is 2.21 bits per heavy atom. The number of carbonyl (C=O) groups excluding carboxylic acids is 1. The number of nitrogens with zero attached hydrogens (tertiary/aromatic N) is 4. The van der Waals surface area contributed by atoms with E-state index in [4.69, 9.17) is 9.47 Å². The van der Waals surface area contributed by atoms with Crippen LogP contribution in [0.15, 0.2) is 54.9 Å². The van der Waals surface area contributed by atoms with Crippen LogP contribution in [0.25, 0.3) is 0 Å². The number of rotatable bonds is 8. The van der Waals surface area contributed by atoms with Crippen molar-refractivity contribution in [1.29, 1.82) is 0 Å². The number of hydrogen-bond acceptors (Lipinski definition) is 7. The first-order chi connectivity index (χ1) is 14.3. The Bertz CT molecular complexity index is 915. The lowest BCUT2D eigenvalue weighted by atomic mass is 10.1. The quantitative estimate of drug-likeness (QED) is 0.568. The van der Waals surface area contributed by atoms with Gasteiger partial charge in [-0.25, -0.2) is 0 Å². The molecule has 3 aromatic rings. The van der Waals surface area contributed by atoms with E-state index >= 15 is 0 Å². The van der Waals surface area contributed by atoms with E-state index in [9.17, 15) is 4.79 Å². The molecular weight excluding hydrogens is 388 g/mol. The monoisotopic (exact) mass is 410 g/mol. The van der Waals surface area contributed by atoms with Gasteiger partial charge in [0, 0.05) is 25.3 Å². The van der Waals surface area contributed by atoms with Crippen LogP contribution in [0.2, 0.25) is 0 Å². The number of carbonyl (C=O) groups is 1. The van der Waals surface area contributed by atoms with Crippen molar-refractivity contribution < 1.29 is 14.3 Å². The molecule has 1 saturated heterocycles. The number of benzene rings is 1. The average molecular weight is 410 g/mol. The zero-order valence-electron chi connectivity index (χ0n) is 15.9. The van der Waals surface area contributed by atoms with Gasteiger partial charge in [0.05, 0.1) is 43.4 Å². The van der Waals surface area contributed by atoms with Gasteiger partial charge in [-0.2, -0.15) is 8.75 Å². The molecule has 1 fully saturated rings. The highest BCUT2D eigenvalue weighted by Crippen LogP contribution is 2.20. The first-order valence-corrected chi connectivity index (χ1v) is 10.3. The minimum absolute atomic E-state index is 0.168. The van der Waals surface area contributed by atoms with Gasteiger partial charge in [-0.1, -0.05) is 18.2 Å². The Balaban J connectivity index is 1.47. The van der Waals surface area contributed by atoms with Crippen molar-refractivity contribution in [2.75, 3.05) is 19.8 Å². The van der Waals surface area contributed by atoms with Crippen molar-refractivity contribution in [3.63, 3.8) is 0 Å². The van der Waals surface area contributed by atoms with Crippen LogP contribution in [0.4, 0.5) is 0 Å². The molecule has 0 unspecified atom stereocenters. The van der Waals surface area contributed by atoms with Gasteiger partial charge in [0.15, 0.2) is 5.69 Å². The molecule has 0 N–H and O–H groups in total. The van der Waals surface area contributed by atoms with Crippen molar-refractivity contribution in [2.24, 2.45) is 5.92 Å². The lowest BCUT2D eigenvalue weighted by Crippen LogP contribution is -2.30. The summed E-state index contributed by atoms with van der Waals surface area (Å²) in [4.78, 5) is 19.0. The number of ether oxygens (including phenoxy) is 2. The smallest absolute Gasteiger partial charge is 0.275 e. The molecule has 1 aliphatic heterocycles. The van der Waals surface area contributed by atoms with E-state index in [1.807, 2.05) is 42.5 Å². The second kappa shape index (κ2) is 9.58. The van der Waals surface area contributed by atoms with E-state index in [-0.39, 0.29) is 5.91 Å². The Morgan fingerprint density at radius 1 is 1.24 bits per heavy atom. The lowest BCUT2D eigenvalue weighted by Gasteiger charge is -2.22. The van der Waals surface area contributed by atoms with Crippen LogP contribution >= 0.6 is 11.7 Å². The predicted molar refractivity (Wildman–Crippen MR) is 109 cm³/mol. The van der Waals surface area contributed by atoms with Gasteiger partial charge in [0.2, 0.25) is 0 Å². The molecule has 1 aliphatic rings. The maximum Gasteiger partial charge on any atom is 0.275 e. The van der Waals surface area contributed by atoms with E-state index < -0.39 is 0 Å². The van der Waals surface area contributed by atoms with Crippen molar-refractivity contribution in [1.82, 2.24) is 18.6 Å². The minimum atomic E-state index is -0.168. The topological polar surface area (TPSA) is 77.4 Å². The van der Waals surface area contributed by atoms with Crippen LogP contribution in [0.5, 0.6) is 5.75 Å². The maximum absolute atomic E-state index is 13.0. The molecule has 1 atom stereocenters. The van der Waals surface area contributed by atoms with E-state index in [0.717, 1.165) is 48.4 Å². The fourth-order valence-electron chi connectivity index (χ4n) is 3.19. The van der Waals surface area contributed by atoms with Gasteiger partial charge < -0.3 is 14.4 Å². The Kier molecular flexibility index (Phi) is 6.43. The predicted octanol–water partition coefficient (Wildman–Crippen LogP) is 3.19. The van der Waals surface area contributed by atoms with Crippen molar-refractivity contribution in [3.05, 3.63) is 71.8 Å². The molecule has 1 aromatic carbocycles. The second-order valence-electron chi connectivity index (χ2n) is 6.96. The minimum Gasteiger partial charge on any atom is -0.493 e. The molecule has 0 saturated carbocycles. The molecule has 7 nitrogen and oxygen atoms in total. The first kappa shape index (κ1) is 19.5. The highest BCUT2D eigenvalue weighted by atomic mass is 32.1. The number of pyridine rings is 1. The van der Waals surface area contributed by atoms with E-state index in [0.29, 0.717) is 31.3 Å². The number of amides is 1. The summed E-state index contributed by atoms with van der Waals surface area (Å²) in [6, 6.07) is 13.5. The third kappa shape index (κ3) is 5.36. The summed E-state index contributed by atoms with van der Waals surface area (Å²) < 4.78 is 19.4. The normalized spacial score (nSPS) is 15.9. The SMILES string of the molecule is O=C(c1cnsn1)N(Cc1cccc(OC[C@@H]2CCOC2)c1)Cc1ccccn1. The Morgan fingerprint density at radius 3 is 2.97 bits per heavy atom. The van der Waals surface area contributed by atoms with Crippen molar-refractivity contribution in [3.8, 4) is 5.75 Å². The molecule has 0 aliphatic carbocycles. The summed E-state index contributed by atoms with van der Waals surface area (Å²) in [5.74, 6) is 1.08. The zero-order valence-corrected chi connectivity index (χ0v) is 16.8. The fourth-order valence-corrected chi connectivity index (χ4v) is 3.60. The van der Waals surface area contributed by atoms with Crippen LogP contribution in [-0.4, -0.2) is 44.4 Å². The molecule has 4 rings (SSSR count). The van der Waals surface area contributed by atoms with Crippen LogP contribution in [0.1, 0.15) is 28.2 Å². The standard InChI is InChI=1S/C21H22N4O3S/c26-21(20-11-23-29-24-20)25(13-18-5-1-2-8-22-18)12-16-4-3-6-19(10-16)28-15-17-7-9-27-14-17/h1-6,8,10-11,17H,7,9,12-15H2/t17-/m1/s1. The summed E-state index contributed by atoms with van der Waals surface area (Å²) >= 11 is 1.03. The molecule has 3 heterocycles. The van der Waals surface area contributed by atoms with Crippen LogP contribution in [0, 0.1) is 5.92 Å². The van der Waals surface area contributed by atoms with E-state index in [1.165, 1.54) is 6.20 Å². The van der Waals surface area contributed by atoms with Crippen LogP contribution in [-0.2, 0) is 17.8 Å². The molecule has 8 heteroatoms. The molecular formula is C21H22N4O3S. The Labute approximate surface area is 173 Å². The first-order valence-electron chi connectivity index (χ1n) is 9.54. The summed E-state index contributed by atoms with van der Waals surface area (Å²) in [5, 5.41) is 0. The largest absolute Gasteiger partial charge is 0.493 e.